The molecule has 0 unspecified atom stereocenters. The molecular formula is C19H21F2N5OS. The third kappa shape index (κ3) is 4.20. The van der Waals surface area contributed by atoms with Crippen LogP contribution in [0.1, 0.15) is 36.2 Å². The predicted molar refractivity (Wildman–Crippen MR) is 104 cm³/mol. The second kappa shape index (κ2) is 8.32. The van der Waals surface area contributed by atoms with Gasteiger partial charge in [-0.05, 0) is 48.6 Å². The Morgan fingerprint density at radius 3 is 2.79 bits per heavy atom. The number of fused-ring (bicyclic) bond motifs is 1. The Morgan fingerprint density at radius 1 is 1.29 bits per heavy atom. The van der Waals surface area contributed by atoms with E-state index in [1.807, 2.05) is 17.5 Å². The number of halogens is 2. The third-order valence-electron chi connectivity index (χ3n) is 5.03. The summed E-state index contributed by atoms with van der Waals surface area (Å²) in [5, 5.41) is 8.88. The molecule has 28 heavy (non-hydrogen) atoms. The van der Waals surface area contributed by atoms with Gasteiger partial charge in [-0.1, -0.05) is 0 Å². The molecule has 2 N–H and O–H groups in total. The topological polar surface area (TPSA) is 71.8 Å². The molecule has 0 bridgehead atoms. The van der Waals surface area contributed by atoms with Crippen LogP contribution in [0.4, 0.5) is 8.78 Å². The number of pyridine rings is 1. The van der Waals surface area contributed by atoms with E-state index in [1.54, 1.807) is 23.3 Å². The fourth-order valence-corrected chi connectivity index (χ4v) is 4.46. The van der Waals surface area contributed by atoms with Crippen LogP contribution in [0.2, 0.25) is 0 Å². The zero-order chi connectivity index (χ0) is 19.5. The standard InChI is InChI=1S/C19H21F2N5OS/c20-15(21)10-23-13-1-3-14(4-2-13)24-19(27)17-18-12(5-8-28-18)9-16(25-17)26-7-6-22-11-26/h5-9,11,13-15,23H,1-4,10H2,(H,24,27). The molecule has 0 aromatic carbocycles. The highest BCUT2D eigenvalue weighted by atomic mass is 32.1. The van der Waals surface area contributed by atoms with Crippen molar-refractivity contribution < 1.29 is 13.6 Å². The normalized spacial score (nSPS) is 20.0. The second-order valence-corrected chi connectivity index (χ2v) is 7.88. The van der Waals surface area contributed by atoms with Gasteiger partial charge in [0.15, 0.2) is 0 Å². The Kier molecular flexibility index (Phi) is 5.63. The van der Waals surface area contributed by atoms with Gasteiger partial charge in [-0.2, -0.15) is 0 Å². The van der Waals surface area contributed by atoms with Crippen molar-refractivity contribution in [2.24, 2.45) is 0 Å². The maximum absolute atomic E-state index is 12.9. The second-order valence-electron chi connectivity index (χ2n) is 6.96. The number of hydrogen-bond acceptors (Lipinski definition) is 5. The van der Waals surface area contributed by atoms with E-state index in [1.165, 1.54) is 11.3 Å². The number of imidazole rings is 1. The summed E-state index contributed by atoms with van der Waals surface area (Å²) in [5.74, 6) is 0.451. The molecular weight excluding hydrogens is 384 g/mol. The van der Waals surface area contributed by atoms with Crippen molar-refractivity contribution in [3.05, 3.63) is 41.9 Å². The van der Waals surface area contributed by atoms with E-state index in [-0.39, 0.29) is 24.5 Å². The van der Waals surface area contributed by atoms with E-state index in [9.17, 15) is 13.6 Å². The van der Waals surface area contributed by atoms with Crippen LogP contribution in [-0.4, -0.2) is 45.5 Å². The van der Waals surface area contributed by atoms with Crippen LogP contribution in [0.3, 0.4) is 0 Å². The minimum atomic E-state index is -2.33. The number of carbonyl (C=O) groups is 1. The molecule has 1 amide bonds. The number of hydrogen-bond donors (Lipinski definition) is 2. The van der Waals surface area contributed by atoms with Gasteiger partial charge in [0.2, 0.25) is 0 Å². The Bertz CT molecular complexity index is 935. The number of aromatic nitrogens is 3. The van der Waals surface area contributed by atoms with E-state index in [0.717, 1.165) is 35.8 Å². The van der Waals surface area contributed by atoms with Crippen molar-refractivity contribution in [1.29, 1.82) is 0 Å². The molecule has 1 fully saturated rings. The zero-order valence-electron chi connectivity index (χ0n) is 15.1. The summed E-state index contributed by atoms with van der Waals surface area (Å²) in [5.41, 5.74) is 0.411. The van der Waals surface area contributed by atoms with Gasteiger partial charge in [-0.15, -0.1) is 11.3 Å². The van der Waals surface area contributed by atoms with Crippen molar-refractivity contribution in [3.8, 4) is 5.82 Å². The number of nitrogens with zero attached hydrogens (tertiary/aromatic N) is 3. The predicted octanol–water partition coefficient (Wildman–Crippen LogP) is 3.38. The minimum absolute atomic E-state index is 0.0332. The highest BCUT2D eigenvalue weighted by molar-refractivity contribution is 7.17. The van der Waals surface area contributed by atoms with Gasteiger partial charge in [0.25, 0.3) is 12.3 Å². The van der Waals surface area contributed by atoms with Gasteiger partial charge < -0.3 is 10.6 Å². The minimum Gasteiger partial charge on any atom is -0.348 e. The highest BCUT2D eigenvalue weighted by Crippen LogP contribution is 2.27. The number of thiophene rings is 1. The summed E-state index contributed by atoms with van der Waals surface area (Å²) >= 11 is 1.49. The summed E-state index contributed by atoms with van der Waals surface area (Å²) in [6.45, 7) is -0.275. The monoisotopic (exact) mass is 405 g/mol. The maximum Gasteiger partial charge on any atom is 0.271 e. The first-order valence-corrected chi connectivity index (χ1v) is 10.2. The van der Waals surface area contributed by atoms with Crippen LogP contribution in [0.15, 0.2) is 36.2 Å². The fourth-order valence-electron chi connectivity index (χ4n) is 3.59. The van der Waals surface area contributed by atoms with Crippen molar-refractivity contribution >= 4 is 27.3 Å². The van der Waals surface area contributed by atoms with Crippen LogP contribution in [0.25, 0.3) is 15.9 Å². The first kappa shape index (κ1) is 18.9. The molecule has 1 saturated carbocycles. The first-order valence-electron chi connectivity index (χ1n) is 9.29. The molecule has 0 radical (unpaired) electrons. The lowest BCUT2D eigenvalue weighted by molar-refractivity contribution is 0.0919. The van der Waals surface area contributed by atoms with E-state index < -0.39 is 6.43 Å². The van der Waals surface area contributed by atoms with Crippen molar-refractivity contribution in [2.45, 2.75) is 44.2 Å². The van der Waals surface area contributed by atoms with Crippen LogP contribution in [-0.2, 0) is 0 Å². The van der Waals surface area contributed by atoms with Gasteiger partial charge in [-0.3, -0.25) is 9.36 Å². The van der Waals surface area contributed by atoms with Gasteiger partial charge >= 0.3 is 0 Å². The molecule has 3 aromatic heterocycles. The zero-order valence-corrected chi connectivity index (χ0v) is 16.0. The van der Waals surface area contributed by atoms with Crippen molar-refractivity contribution in [2.75, 3.05) is 6.54 Å². The van der Waals surface area contributed by atoms with Gasteiger partial charge in [0.05, 0.1) is 11.2 Å². The average Bonchev–Trinajstić information content (AvgIpc) is 3.38. The van der Waals surface area contributed by atoms with Crippen molar-refractivity contribution in [3.63, 3.8) is 0 Å². The van der Waals surface area contributed by atoms with E-state index in [0.29, 0.717) is 11.5 Å². The Labute approximate surface area is 165 Å². The van der Waals surface area contributed by atoms with Crippen molar-refractivity contribution in [1.82, 2.24) is 25.2 Å². The van der Waals surface area contributed by atoms with E-state index in [4.69, 9.17) is 0 Å². The molecule has 6 nitrogen and oxygen atoms in total. The number of alkyl halides is 2. The van der Waals surface area contributed by atoms with E-state index in [2.05, 4.69) is 20.6 Å². The number of amides is 1. The largest absolute Gasteiger partial charge is 0.348 e. The molecule has 4 rings (SSSR count). The Balaban J connectivity index is 1.45. The maximum atomic E-state index is 12.9. The first-order chi connectivity index (χ1) is 13.6. The SMILES string of the molecule is O=C(NC1CCC(NCC(F)F)CC1)c1nc(-n2ccnc2)cc2ccsc12. The Hall–Kier alpha value is -2.39. The molecule has 0 saturated heterocycles. The molecule has 1 aliphatic rings. The summed E-state index contributed by atoms with van der Waals surface area (Å²) in [4.78, 5) is 21.5. The average molecular weight is 405 g/mol. The molecule has 0 atom stereocenters. The third-order valence-corrected chi connectivity index (χ3v) is 5.97. The molecule has 1 aliphatic carbocycles. The van der Waals surface area contributed by atoms with Crippen LogP contribution in [0.5, 0.6) is 0 Å². The van der Waals surface area contributed by atoms with E-state index >= 15 is 0 Å². The molecule has 0 spiro atoms. The summed E-state index contributed by atoms with van der Waals surface area (Å²) in [6, 6.07) is 4.03. The molecule has 148 valence electrons. The van der Waals surface area contributed by atoms with Gasteiger partial charge in [-0.25, -0.2) is 18.7 Å². The van der Waals surface area contributed by atoms with Crippen LogP contribution in [0, 0.1) is 0 Å². The lowest BCUT2D eigenvalue weighted by Gasteiger charge is -2.29. The summed E-state index contributed by atoms with van der Waals surface area (Å²) in [7, 11) is 0. The molecule has 9 heteroatoms. The number of rotatable bonds is 6. The molecule has 3 heterocycles. The number of carbonyl (C=O) groups excluding carboxylic acids is 1. The smallest absolute Gasteiger partial charge is 0.271 e. The fraction of sp³-hybridized carbons (Fsp3) is 0.421. The van der Waals surface area contributed by atoms with Gasteiger partial charge in [0, 0.05) is 24.5 Å². The van der Waals surface area contributed by atoms with Crippen LogP contribution < -0.4 is 10.6 Å². The van der Waals surface area contributed by atoms with Crippen LogP contribution >= 0.6 is 11.3 Å². The van der Waals surface area contributed by atoms with Gasteiger partial charge in [0.1, 0.15) is 17.8 Å². The lowest BCUT2D eigenvalue weighted by atomic mass is 9.91. The highest BCUT2D eigenvalue weighted by Gasteiger charge is 2.24. The number of nitrogens with one attached hydrogen (secondary N) is 2. The molecule has 0 aliphatic heterocycles. The quantitative estimate of drug-likeness (QED) is 0.660. The summed E-state index contributed by atoms with van der Waals surface area (Å²) < 4.78 is 27.3. The summed E-state index contributed by atoms with van der Waals surface area (Å²) in [6.07, 6.45) is 5.84. The lowest BCUT2D eigenvalue weighted by Crippen LogP contribution is -2.43. The molecule has 3 aromatic rings. The Morgan fingerprint density at radius 2 is 2.07 bits per heavy atom.